The average Bonchev–Trinajstić information content (AvgIpc) is 2.99. The van der Waals surface area contributed by atoms with Crippen molar-refractivity contribution >= 4 is 17.2 Å². The summed E-state index contributed by atoms with van der Waals surface area (Å²) < 4.78 is 0. The first kappa shape index (κ1) is 15.3. The van der Waals surface area contributed by atoms with Crippen LogP contribution in [0.1, 0.15) is 22.4 Å². The average molecular weight is 299 g/mol. The van der Waals surface area contributed by atoms with Gasteiger partial charge < -0.3 is 10.4 Å². The number of hydrogen-bond acceptors (Lipinski definition) is 3. The molecule has 0 atom stereocenters. The van der Waals surface area contributed by atoms with Crippen LogP contribution in [0.2, 0.25) is 0 Å². The van der Waals surface area contributed by atoms with E-state index in [2.05, 4.69) is 17.2 Å². The van der Waals surface area contributed by atoms with Crippen LogP contribution in [0.15, 0.2) is 41.8 Å². The molecule has 1 aromatic carbocycles. The zero-order chi connectivity index (χ0) is 14.9. The molecule has 2 aromatic rings. The molecule has 108 valence electrons. The van der Waals surface area contributed by atoms with E-state index in [0.29, 0.717) is 19.4 Å². The Balaban J connectivity index is 1.81. The molecule has 0 spiro atoms. The fourth-order valence-electron chi connectivity index (χ4n) is 1.76. The Labute approximate surface area is 128 Å². The van der Waals surface area contributed by atoms with E-state index < -0.39 is 0 Å². The Morgan fingerprint density at radius 3 is 2.71 bits per heavy atom. The van der Waals surface area contributed by atoms with E-state index in [-0.39, 0.29) is 12.5 Å². The number of benzene rings is 1. The largest absolute Gasteiger partial charge is 0.395 e. The molecule has 0 saturated heterocycles. The molecular formula is C17H17NO2S. The van der Waals surface area contributed by atoms with Crippen molar-refractivity contribution in [2.24, 2.45) is 0 Å². The molecule has 1 heterocycles. The van der Waals surface area contributed by atoms with Crippen LogP contribution in [0.3, 0.4) is 0 Å². The highest BCUT2D eigenvalue weighted by atomic mass is 32.1. The van der Waals surface area contributed by atoms with Crippen LogP contribution in [0, 0.1) is 11.8 Å². The standard InChI is InChI=1S/C17H17NO2S/c19-10-2-1-4-14-6-8-15(9-7-14)13-18-17(20)12-16-5-3-11-21-16/h3,5-9,11,19H,2,10,12-13H2,(H,18,20). The summed E-state index contributed by atoms with van der Waals surface area (Å²) in [5, 5.41) is 13.5. The predicted molar refractivity (Wildman–Crippen MR) is 84.9 cm³/mol. The van der Waals surface area contributed by atoms with Crippen LogP contribution in [-0.4, -0.2) is 17.6 Å². The van der Waals surface area contributed by atoms with Crippen LogP contribution in [0.5, 0.6) is 0 Å². The quantitative estimate of drug-likeness (QED) is 0.833. The number of aliphatic hydroxyl groups excluding tert-OH is 1. The first-order valence-corrected chi connectivity index (χ1v) is 7.63. The second-order valence-corrected chi connectivity index (χ2v) is 5.54. The molecule has 2 N–H and O–H groups in total. The molecule has 0 saturated carbocycles. The molecule has 0 aliphatic rings. The molecule has 0 aliphatic carbocycles. The minimum absolute atomic E-state index is 0.0317. The fourth-order valence-corrected chi connectivity index (χ4v) is 2.46. The highest BCUT2D eigenvalue weighted by Crippen LogP contribution is 2.09. The first-order chi connectivity index (χ1) is 10.3. The second-order valence-electron chi connectivity index (χ2n) is 4.51. The number of thiophene rings is 1. The summed E-state index contributed by atoms with van der Waals surface area (Å²) in [5.41, 5.74) is 1.96. The SMILES string of the molecule is O=C(Cc1cccs1)NCc1ccc(C#CCCO)cc1. The van der Waals surface area contributed by atoms with Gasteiger partial charge in [-0.2, -0.15) is 0 Å². The van der Waals surface area contributed by atoms with Crippen molar-refractivity contribution in [3.8, 4) is 11.8 Å². The third kappa shape index (κ3) is 5.42. The summed E-state index contributed by atoms with van der Waals surface area (Å²) in [6, 6.07) is 11.7. The lowest BCUT2D eigenvalue weighted by atomic mass is 10.1. The number of carbonyl (C=O) groups is 1. The van der Waals surface area contributed by atoms with E-state index in [4.69, 9.17) is 5.11 Å². The topological polar surface area (TPSA) is 49.3 Å². The van der Waals surface area contributed by atoms with Crippen molar-refractivity contribution in [1.29, 1.82) is 0 Å². The lowest BCUT2D eigenvalue weighted by Gasteiger charge is -2.04. The van der Waals surface area contributed by atoms with Gasteiger partial charge in [-0.1, -0.05) is 30.0 Å². The van der Waals surface area contributed by atoms with Gasteiger partial charge in [-0.15, -0.1) is 11.3 Å². The van der Waals surface area contributed by atoms with E-state index >= 15 is 0 Å². The Morgan fingerprint density at radius 2 is 2.05 bits per heavy atom. The Morgan fingerprint density at radius 1 is 1.24 bits per heavy atom. The summed E-state index contributed by atoms with van der Waals surface area (Å²) in [6.07, 6.45) is 0.920. The van der Waals surface area contributed by atoms with Crippen LogP contribution in [-0.2, 0) is 17.8 Å². The van der Waals surface area contributed by atoms with Crippen LogP contribution >= 0.6 is 11.3 Å². The number of hydrogen-bond donors (Lipinski definition) is 2. The van der Waals surface area contributed by atoms with Gasteiger partial charge in [-0.25, -0.2) is 0 Å². The maximum absolute atomic E-state index is 11.8. The second kappa shape index (κ2) is 8.25. The normalized spacial score (nSPS) is 9.76. The molecule has 1 amide bonds. The molecule has 4 heteroatoms. The molecule has 21 heavy (non-hydrogen) atoms. The number of nitrogens with one attached hydrogen (secondary N) is 1. The van der Waals surface area contributed by atoms with E-state index in [1.54, 1.807) is 11.3 Å². The summed E-state index contributed by atoms with van der Waals surface area (Å²) in [6.45, 7) is 0.607. The zero-order valence-electron chi connectivity index (χ0n) is 11.6. The zero-order valence-corrected chi connectivity index (χ0v) is 12.5. The smallest absolute Gasteiger partial charge is 0.225 e. The van der Waals surface area contributed by atoms with Gasteiger partial charge in [0, 0.05) is 23.4 Å². The van der Waals surface area contributed by atoms with Crippen molar-refractivity contribution < 1.29 is 9.90 Å². The molecule has 2 rings (SSSR count). The van der Waals surface area contributed by atoms with Gasteiger partial charge in [-0.05, 0) is 29.1 Å². The van der Waals surface area contributed by atoms with Gasteiger partial charge in [-0.3, -0.25) is 4.79 Å². The minimum atomic E-state index is 0.0317. The summed E-state index contributed by atoms with van der Waals surface area (Å²) in [5.74, 6) is 5.88. The lowest BCUT2D eigenvalue weighted by molar-refractivity contribution is -0.120. The van der Waals surface area contributed by atoms with E-state index in [1.165, 1.54) is 0 Å². The number of rotatable bonds is 5. The van der Waals surface area contributed by atoms with Crippen LogP contribution in [0.25, 0.3) is 0 Å². The maximum Gasteiger partial charge on any atom is 0.225 e. The molecule has 0 bridgehead atoms. The van der Waals surface area contributed by atoms with E-state index in [9.17, 15) is 4.79 Å². The molecular weight excluding hydrogens is 282 g/mol. The van der Waals surface area contributed by atoms with Gasteiger partial charge in [0.25, 0.3) is 0 Å². The van der Waals surface area contributed by atoms with Crippen LogP contribution in [0.4, 0.5) is 0 Å². The third-order valence-corrected chi connectivity index (χ3v) is 3.70. The van der Waals surface area contributed by atoms with Gasteiger partial charge in [0.15, 0.2) is 0 Å². The summed E-state index contributed by atoms with van der Waals surface area (Å²) in [4.78, 5) is 12.8. The van der Waals surface area contributed by atoms with Crippen molar-refractivity contribution in [1.82, 2.24) is 5.32 Å². The Kier molecular flexibility index (Phi) is 6.01. The molecule has 0 aliphatic heterocycles. The lowest BCUT2D eigenvalue weighted by Crippen LogP contribution is -2.24. The van der Waals surface area contributed by atoms with Gasteiger partial charge in [0.2, 0.25) is 5.91 Å². The Bertz CT molecular complexity index is 621. The number of carbonyl (C=O) groups excluding carboxylic acids is 1. The minimum Gasteiger partial charge on any atom is -0.395 e. The van der Waals surface area contributed by atoms with Gasteiger partial charge in [0.05, 0.1) is 13.0 Å². The van der Waals surface area contributed by atoms with Crippen LogP contribution < -0.4 is 5.32 Å². The molecule has 0 radical (unpaired) electrons. The van der Waals surface area contributed by atoms with Crippen molar-refractivity contribution in [2.45, 2.75) is 19.4 Å². The molecule has 1 aromatic heterocycles. The third-order valence-electron chi connectivity index (χ3n) is 2.83. The van der Waals surface area contributed by atoms with Crippen molar-refractivity contribution in [2.75, 3.05) is 6.61 Å². The van der Waals surface area contributed by atoms with Crippen molar-refractivity contribution in [3.63, 3.8) is 0 Å². The number of amides is 1. The maximum atomic E-state index is 11.8. The molecule has 0 unspecified atom stereocenters. The number of aliphatic hydroxyl groups is 1. The summed E-state index contributed by atoms with van der Waals surface area (Å²) >= 11 is 1.59. The Hall–Kier alpha value is -2.09. The molecule has 3 nitrogen and oxygen atoms in total. The van der Waals surface area contributed by atoms with E-state index in [0.717, 1.165) is 16.0 Å². The fraction of sp³-hybridized carbons (Fsp3) is 0.235. The highest BCUT2D eigenvalue weighted by Gasteiger charge is 2.03. The first-order valence-electron chi connectivity index (χ1n) is 6.75. The predicted octanol–water partition coefficient (Wildman–Crippen LogP) is 2.34. The van der Waals surface area contributed by atoms with Gasteiger partial charge in [0.1, 0.15) is 0 Å². The summed E-state index contributed by atoms with van der Waals surface area (Å²) in [7, 11) is 0. The monoisotopic (exact) mass is 299 g/mol. The highest BCUT2D eigenvalue weighted by molar-refractivity contribution is 7.10. The molecule has 0 fully saturated rings. The van der Waals surface area contributed by atoms with Gasteiger partial charge >= 0.3 is 0 Å². The van der Waals surface area contributed by atoms with Crippen molar-refractivity contribution in [3.05, 3.63) is 57.8 Å². The van der Waals surface area contributed by atoms with E-state index in [1.807, 2.05) is 41.8 Å².